The molecule has 0 atom stereocenters. The summed E-state index contributed by atoms with van der Waals surface area (Å²) in [5.41, 5.74) is 1.14. The summed E-state index contributed by atoms with van der Waals surface area (Å²) in [5.74, 6) is -0.485. The summed E-state index contributed by atoms with van der Waals surface area (Å²) in [6, 6.07) is 12.6. The second-order valence-electron chi connectivity index (χ2n) is 6.03. The standard InChI is InChI=1S/C18H18ClN3O4S/c19-13-3-1-4-14(11-13)21-17(23)12-20-27(25,26)16-8-6-15(7-9-16)22-10-2-5-18(22)24/h1,3-4,6-9,11,20H,2,5,10,12H2,(H,21,23). The van der Waals surface area contributed by atoms with Crippen molar-refractivity contribution < 1.29 is 18.0 Å². The van der Waals surface area contributed by atoms with E-state index in [-0.39, 0.29) is 10.8 Å². The lowest BCUT2D eigenvalue weighted by Crippen LogP contribution is -2.33. The first-order valence-corrected chi connectivity index (χ1v) is 10.2. The molecule has 0 aliphatic carbocycles. The Balaban J connectivity index is 1.60. The van der Waals surface area contributed by atoms with Gasteiger partial charge in [-0.3, -0.25) is 9.59 Å². The minimum atomic E-state index is -3.85. The summed E-state index contributed by atoms with van der Waals surface area (Å²) in [5, 5.41) is 3.03. The van der Waals surface area contributed by atoms with Crippen molar-refractivity contribution in [3.05, 3.63) is 53.6 Å². The van der Waals surface area contributed by atoms with Gasteiger partial charge in [-0.2, -0.15) is 0 Å². The quantitative estimate of drug-likeness (QED) is 0.768. The van der Waals surface area contributed by atoms with Crippen LogP contribution in [0, 0.1) is 0 Å². The molecule has 2 N–H and O–H groups in total. The summed E-state index contributed by atoms with van der Waals surface area (Å²) in [6.45, 7) is 0.216. The van der Waals surface area contributed by atoms with Crippen molar-refractivity contribution in [1.29, 1.82) is 0 Å². The number of carbonyl (C=O) groups excluding carboxylic acids is 2. The maximum atomic E-state index is 12.3. The molecule has 1 aliphatic rings. The highest BCUT2D eigenvalue weighted by Gasteiger charge is 2.22. The number of anilines is 2. The molecule has 0 saturated carbocycles. The minimum Gasteiger partial charge on any atom is -0.325 e. The molecule has 1 saturated heterocycles. The highest BCUT2D eigenvalue weighted by molar-refractivity contribution is 7.89. The van der Waals surface area contributed by atoms with E-state index >= 15 is 0 Å². The normalized spacial score (nSPS) is 14.4. The van der Waals surface area contributed by atoms with Crippen molar-refractivity contribution in [3.63, 3.8) is 0 Å². The van der Waals surface area contributed by atoms with Crippen LogP contribution in [-0.2, 0) is 19.6 Å². The van der Waals surface area contributed by atoms with Crippen LogP contribution in [0.4, 0.5) is 11.4 Å². The van der Waals surface area contributed by atoms with Crippen LogP contribution in [-0.4, -0.2) is 33.3 Å². The molecular weight excluding hydrogens is 390 g/mol. The van der Waals surface area contributed by atoms with E-state index in [1.165, 1.54) is 12.1 Å². The first-order valence-electron chi connectivity index (χ1n) is 8.31. The number of amides is 2. The van der Waals surface area contributed by atoms with E-state index in [4.69, 9.17) is 11.6 Å². The molecule has 1 heterocycles. The summed E-state index contributed by atoms with van der Waals surface area (Å²) in [7, 11) is -3.85. The maximum Gasteiger partial charge on any atom is 0.241 e. The van der Waals surface area contributed by atoms with Gasteiger partial charge in [0.1, 0.15) is 0 Å². The number of hydrogen-bond acceptors (Lipinski definition) is 4. The molecule has 3 rings (SSSR count). The van der Waals surface area contributed by atoms with Crippen LogP contribution in [0.15, 0.2) is 53.4 Å². The van der Waals surface area contributed by atoms with Gasteiger partial charge < -0.3 is 10.2 Å². The molecule has 2 aromatic carbocycles. The van der Waals surface area contributed by atoms with Crippen LogP contribution < -0.4 is 14.9 Å². The second-order valence-corrected chi connectivity index (χ2v) is 8.23. The number of sulfonamides is 1. The van der Waals surface area contributed by atoms with Crippen molar-refractivity contribution in [3.8, 4) is 0 Å². The summed E-state index contributed by atoms with van der Waals surface area (Å²) in [4.78, 5) is 25.3. The number of rotatable bonds is 6. The van der Waals surface area contributed by atoms with Gasteiger partial charge in [-0.05, 0) is 48.9 Å². The first kappa shape index (κ1) is 19.3. The Kier molecular flexibility index (Phi) is 5.79. The lowest BCUT2D eigenvalue weighted by molar-refractivity contribution is -0.117. The van der Waals surface area contributed by atoms with Crippen molar-refractivity contribution in [2.75, 3.05) is 23.3 Å². The van der Waals surface area contributed by atoms with E-state index in [0.29, 0.717) is 29.4 Å². The predicted octanol–water partition coefficient (Wildman–Crippen LogP) is 2.38. The molecule has 1 aliphatic heterocycles. The van der Waals surface area contributed by atoms with Gasteiger partial charge in [-0.1, -0.05) is 17.7 Å². The van der Waals surface area contributed by atoms with Gasteiger partial charge in [0.05, 0.1) is 11.4 Å². The Hall–Kier alpha value is -2.42. The summed E-state index contributed by atoms with van der Waals surface area (Å²) in [6.07, 6.45) is 1.30. The van der Waals surface area contributed by atoms with Gasteiger partial charge in [-0.25, -0.2) is 13.1 Å². The Morgan fingerprint density at radius 2 is 1.89 bits per heavy atom. The fourth-order valence-corrected chi connectivity index (χ4v) is 3.91. The number of carbonyl (C=O) groups is 2. The second kappa shape index (κ2) is 8.08. The largest absolute Gasteiger partial charge is 0.325 e. The molecule has 2 aromatic rings. The highest BCUT2D eigenvalue weighted by atomic mass is 35.5. The number of benzene rings is 2. The number of nitrogens with one attached hydrogen (secondary N) is 2. The number of halogens is 1. The van der Waals surface area contributed by atoms with E-state index in [1.54, 1.807) is 41.3 Å². The highest BCUT2D eigenvalue weighted by Crippen LogP contribution is 2.23. The lowest BCUT2D eigenvalue weighted by atomic mass is 10.3. The van der Waals surface area contributed by atoms with Crippen molar-refractivity contribution in [2.24, 2.45) is 0 Å². The topological polar surface area (TPSA) is 95.6 Å². The summed E-state index contributed by atoms with van der Waals surface area (Å²) >= 11 is 5.84. The van der Waals surface area contributed by atoms with Crippen LogP contribution in [0.1, 0.15) is 12.8 Å². The van der Waals surface area contributed by atoms with E-state index < -0.39 is 22.5 Å². The van der Waals surface area contributed by atoms with Crippen LogP contribution in [0.3, 0.4) is 0 Å². The molecular formula is C18H18ClN3O4S. The van der Waals surface area contributed by atoms with Crippen molar-refractivity contribution >= 4 is 44.8 Å². The predicted molar refractivity (Wildman–Crippen MR) is 103 cm³/mol. The van der Waals surface area contributed by atoms with E-state index in [1.807, 2.05) is 0 Å². The molecule has 27 heavy (non-hydrogen) atoms. The first-order chi connectivity index (χ1) is 12.8. The van der Waals surface area contributed by atoms with Crippen molar-refractivity contribution in [2.45, 2.75) is 17.7 Å². The number of hydrogen-bond donors (Lipinski definition) is 2. The fraction of sp³-hybridized carbons (Fsp3) is 0.222. The zero-order valence-electron chi connectivity index (χ0n) is 14.3. The smallest absolute Gasteiger partial charge is 0.241 e. The molecule has 0 unspecified atom stereocenters. The molecule has 9 heteroatoms. The Morgan fingerprint density at radius 3 is 2.52 bits per heavy atom. The van der Waals surface area contributed by atoms with Gasteiger partial charge in [0.15, 0.2) is 0 Å². The third kappa shape index (κ3) is 4.85. The van der Waals surface area contributed by atoms with Gasteiger partial charge in [0, 0.05) is 29.4 Å². The molecule has 0 bridgehead atoms. The maximum absolute atomic E-state index is 12.3. The molecule has 2 amide bonds. The third-order valence-electron chi connectivity index (χ3n) is 4.06. The van der Waals surface area contributed by atoms with Crippen LogP contribution >= 0.6 is 11.6 Å². The summed E-state index contributed by atoms with van der Waals surface area (Å²) < 4.78 is 26.9. The molecule has 0 spiro atoms. The average Bonchev–Trinajstić information content (AvgIpc) is 3.06. The van der Waals surface area contributed by atoms with Crippen LogP contribution in [0.2, 0.25) is 5.02 Å². The van der Waals surface area contributed by atoms with Crippen LogP contribution in [0.5, 0.6) is 0 Å². The van der Waals surface area contributed by atoms with Gasteiger partial charge in [0.2, 0.25) is 21.8 Å². The minimum absolute atomic E-state index is 0.0217. The molecule has 0 radical (unpaired) electrons. The number of nitrogens with zero attached hydrogens (tertiary/aromatic N) is 1. The SMILES string of the molecule is O=C(CNS(=O)(=O)c1ccc(N2CCCC2=O)cc1)Nc1cccc(Cl)c1. The van der Waals surface area contributed by atoms with Crippen molar-refractivity contribution in [1.82, 2.24) is 4.72 Å². The average molecular weight is 408 g/mol. The Bertz CT molecular complexity index is 961. The van der Waals surface area contributed by atoms with Gasteiger partial charge >= 0.3 is 0 Å². The van der Waals surface area contributed by atoms with E-state index in [0.717, 1.165) is 6.42 Å². The third-order valence-corrected chi connectivity index (χ3v) is 5.72. The monoisotopic (exact) mass is 407 g/mol. The fourth-order valence-electron chi connectivity index (χ4n) is 2.74. The Morgan fingerprint density at radius 1 is 1.15 bits per heavy atom. The van der Waals surface area contributed by atoms with Gasteiger partial charge in [-0.15, -0.1) is 0 Å². The van der Waals surface area contributed by atoms with Gasteiger partial charge in [0.25, 0.3) is 0 Å². The molecule has 0 aromatic heterocycles. The molecule has 1 fully saturated rings. The van der Waals surface area contributed by atoms with E-state index in [9.17, 15) is 18.0 Å². The van der Waals surface area contributed by atoms with Crippen LogP contribution in [0.25, 0.3) is 0 Å². The molecule has 142 valence electrons. The van der Waals surface area contributed by atoms with E-state index in [2.05, 4.69) is 10.0 Å². The zero-order chi connectivity index (χ0) is 19.4. The zero-order valence-corrected chi connectivity index (χ0v) is 15.9. The lowest BCUT2D eigenvalue weighted by Gasteiger charge is -2.16. The Labute approximate surface area is 162 Å². The molecule has 7 nitrogen and oxygen atoms in total.